The summed E-state index contributed by atoms with van der Waals surface area (Å²) in [7, 11) is -1.35. The van der Waals surface area contributed by atoms with Gasteiger partial charge in [0.05, 0.1) is 6.61 Å². The van der Waals surface area contributed by atoms with Crippen LogP contribution in [0.25, 0.3) is 0 Å². The molecule has 8 nitrogen and oxygen atoms in total. The maximum absolute atomic E-state index is 12.1. The molecule has 0 bridgehead atoms. The summed E-state index contributed by atoms with van der Waals surface area (Å²) >= 11 is 0. The van der Waals surface area contributed by atoms with Gasteiger partial charge in [-0.2, -0.15) is 0 Å². The van der Waals surface area contributed by atoms with Crippen LogP contribution in [-0.2, 0) is 14.3 Å². The highest BCUT2D eigenvalue weighted by Gasteiger charge is 2.39. The number of aliphatic hydroxyl groups excluding tert-OH is 1. The molecule has 0 amide bonds. The quantitative estimate of drug-likeness (QED) is 0.565. The van der Waals surface area contributed by atoms with E-state index in [0.717, 1.165) is 6.04 Å². The van der Waals surface area contributed by atoms with Crippen LogP contribution in [0.2, 0.25) is 25.7 Å². The van der Waals surface area contributed by atoms with E-state index in [1.807, 2.05) is 0 Å². The number of carbonyl (C=O) groups excluding carboxylic acids is 1. The van der Waals surface area contributed by atoms with E-state index < -0.39 is 37.8 Å². The maximum atomic E-state index is 12.1. The van der Waals surface area contributed by atoms with E-state index in [9.17, 15) is 19.5 Å². The standard InChI is InChI=1S/C16H26N2O6Si/c1-10-8-18(16(22)17-15(10)21)13-7-11(12(9-19)23-13)24-14(20)5-6-25(2,3)4/h8,11-13,19H,5-7,9H2,1-4H3,(H,17,21,22)/t11-,12+,13+/m0/s1. The molecule has 2 rings (SSSR count). The van der Waals surface area contributed by atoms with Gasteiger partial charge < -0.3 is 14.6 Å². The smallest absolute Gasteiger partial charge is 0.330 e. The van der Waals surface area contributed by atoms with E-state index in [0.29, 0.717) is 12.0 Å². The SMILES string of the molecule is Cc1cn([C@H]2C[C@H](OC(=O)CC[Si](C)(C)C)[C@@H](CO)O2)c(=O)[nH]c1=O. The van der Waals surface area contributed by atoms with E-state index in [4.69, 9.17) is 9.47 Å². The molecular weight excluding hydrogens is 344 g/mol. The van der Waals surface area contributed by atoms with Crippen molar-refractivity contribution in [3.8, 4) is 0 Å². The molecule has 1 aromatic heterocycles. The fourth-order valence-electron chi connectivity index (χ4n) is 2.66. The van der Waals surface area contributed by atoms with Crippen LogP contribution in [0.3, 0.4) is 0 Å². The Morgan fingerprint density at radius 3 is 2.72 bits per heavy atom. The van der Waals surface area contributed by atoms with Crippen LogP contribution in [0, 0.1) is 6.92 Å². The largest absolute Gasteiger partial charge is 0.459 e. The van der Waals surface area contributed by atoms with E-state index in [-0.39, 0.29) is 19.0 Å². The third kappa shape index (κ3) is 5.13. The molecule has 2 heterocycles. The number of ether oxygens (including phenoxy) is 2. The number of esters is 1. The second-order valence-corrected chi connectivity index (χ2v) is 13.2. The van der Waals surface area contributed by atoms with Crippen LogP contribution >= 0.6 is 0 Å². The van der Waals surface area contributed by atoms with Crippen LogP contribution in [0.1, 0.15) is 24.6 Å². The predicted molar refractivity (Wildman–Crippen MR) is 94.3 cm³/mol. The van der Waals surface area contributed by atoms with Gasteiger partial charge in [-0.05, 0) is 13.0 Å². The number of H-pyrrole nitrogens is 1. The second-order valence-electron chi connectivity index (χ2n) is 7.62. The Balaban J connectivity index is 2.07. The molecule has 0 aliphatic carbocycles. The number of nitrogens with one attached hydrogen (secondary N) is 1. The molecule has 1 saturated heterocycles. The molecule has 0 saturated carbocycles. The summed E-state index contributed by atoms with van der Waals surface area (Å²) in [5.74, 6) is -0.319. The average Bonchev–Trinajstić information content (AvgIpc) is 2.91. The number of aromatic nitrogens is 2. The highest BCUT2D eigenvalue weighted by Crippen LogP contribution is 2.30. The van der Waals surface area contributed by atoms with Crippen molar-refractivity contribution in [2.75, 3.05) is 6.61 Å². The number of hydrogen-bond donors (Lipinski definition) is 2. The highest BCUT2D eigenvalue weighted by atomic mass is 28.3. The van der Waals surface area contributed by atoms with Crippen molar-refractivity contribution in [1.29, 1.82) is 0 Å². The lowest BCUT2D eigenvalue weighted by Gasteiger charge is -2.18. The first-order valence-electron chi connectivity index (χ1n) is 8.38. The molecule has 1 aliphatic rings. The Morgan fingerprint density at radius 2 is 2.12 bits per heavy atom. The van der Waals surface area contributed by atoms with Crippen LogP contribution in [-0.4, -0.2) is 47.5 Å². The summed E-state index contributed by atoms with van der Waals surface area (Å²) < 4.78 is 12.4. The van der Waals surface area contributed by atoms with Gasteiger partial charge in [-0.1, -0.05) is 19.6 Å². The topological polar surface area (TPSA) is 111 Å². The molecule has 140 valence electrons. The highest BCUT2D eigenvalue weighted by molar-refractivity contribution is 6.76. The van der Waals surface area contributed by atoms with Crippen molar-refractivity contribution in [3.05, 3.63) is 32.6 Å². The van der Waals surface area contributed by atoms with E-state index in [1.54, 1.807) is 6.92 Å². The van der Waals surface area contributed by atoms with Gasteiger partial charge in [0.1, 0.15) is 18.4 Å². The average molecular weight is 370 g/mol. The summed E-state index contributed by atoms with van der Waals surface area (Å²) in [5.41, 5.74) is -0.672. The van der Waals surface area contributed by atoms with Crippen molar-refractivity contribution >= 4 is 14.0 Å². The fourth-order valence-corrected chi connectivity index (χ4v) is 3.62. The molecule has 0 aromatic carbocycles. The molecule has 1 aromatic rings. The number of rotatable bonds is 6. The molecular formula is C16H26N2O6Si. The van der Waals surface area contributed by atoms with E-state index in [1.165, 1.54) is 10.8 Å². The van der Waals surface area contributed by atoms with Crippen LogP contribution in [0.4, 0.5) is 0 Å². The summed E-state index contributed by atoms with van der Waals surface area (Å²) in [6, 6.07) is 0.825. The number of hydrogen-bond acceptors (Lipinski definition) is 6. The zero-order chi connectivity index (χ0) is 18.8. The molecule has 25 heavy (non-hydrogen) atoms. The Labute approximate surface area is 146 Å². The molecule has 3 atom stereocenters. The van der Waals surface area contributed by atoms with Crippen molar-refractivity contribution in [2.24, 2.45) is 0 Å². The lowest BCUT2D eigenvalue weighted by atomic mass is 10.2. The van der Waals surface area contributed by atoms with Gasteiger partial charge in [-0.3, -0.25) is 19.1 Å². The minimum absolute atomic E-state index is 0.245. The van der Waals surface area contributed by atoms with Gasteiger partial charge in [0.2, 0.25) is 0 Å². The zero-order valence-electron chi connectivity index (χ0n) is 15.1. The van der Waals surface area contributed by atoms with E-state index in [2.05, 4.69) is 24.6 Å². The fraction of sp³-hybridized carbons (Fsp3) is 0.688. The number of carbonyl (C=O) groups is 1. The third-order valence-corrected chi connectivity index (χ3v) is 5.93. The van der Waals surface area contributed by atoms with Gasteiger partial charge in [0.15, 0.2) is 0 Å². The van der Waals surface area contributed by atoms with Crippen molar-refractivity contribution in [3.63, 3.8) is 0 Å². The molecule has 9 heteroatoms. The molecule has 0 radical (unpaired) electrons. The van der Waals surface area contributed by atoms with Crippen molar-refractivity contribution in [1.82, 2.24) is 9.55 Å². The maximum Gasteiger partial charge on any atom is 0.330 e. The zero-order valence-corrected chi connectivity index (χ0v) is 16.1. The Morgan fingerprint density at radius 1 is 1.44 bits per heavy atom. The number of nitrogens with zero attached hydrogens (tertiary/aromatic N) is 1. The monoisotopic (exact) mass is 370 g/mol. The number of aryl methyl sites for hydroxylation is 1. The molecule has 2 N–H and O–H groups in total. The normalized spacial score (nSPS) is 23.6. The van der Waals surface area contributed by atoms with Gasteiger partial charge in [-0.25, -0.2) is 4.79 Å². The first-order valence-corrected chi connectivity index (χ1v) is 12.1. The van der Waals surface area contributed by atoms with Gasteiger partial charge in [0.25, 0.3) is 5.56 Å². The van der Waals surface area contributed by atoms with Gasteiger partial charge >= 0.3 is 11.7 Å². The van der Waals surface area contributed by atoms with Gasteiger partial charge in [-0.15, -0.1) is 0 Å². The van der Waals surface area contributed by atoms with Crippen molar-refractivity contribution < 1.29 is 19.4 Å². The second kappa shape index (κ2) is 7.67. The predicted octanol–water partition coefficient (Wildman–Crippen LogP) is 0.765. The Hall–Kier alpha value is -1.71. The molecule has 0 unspecified atom stereocenters. The Bertz CT molecular complexity index is 735. The first kappa shape index (κ1) is 19.6. The lowest BCUT2D eigenvalue weighted by molar-refractivity contribution is -0.152. The minimum atomic E-state index is -1.35. The lowest BCUT2D eigenvalue weighted by Crippen LogP contribution is -2.33. The van der Waals surface area contributed by atoms with E-state index >= 15 is 0 Å². The van der Waals surface area contributed by atoms with Crippen molar-refractivity contribution in [2.45, 2.75) is 63.9 Å². The molecule has 1 aliphatic heterocycles. The summed E-state index contributed by atoms with van der Waals surface area (Å²) in [5, 5.41) is 9.49. The Kier molecular flexibility index (Phi) is 6.02. The summed E-state index contributed by atoms with van der Waals surface area (Å²) in [6.45, 7) is 7.80. The van der Waals surface area contributed by atoms with Crippen LogP contribution in [0.5, 0.6) is 0 Å². The van der Waals surface area contributed by atoms with Crippen LogP contribution in [0.15, 0.2) is 15.8 Å². The number of aromatic amines is 1. The first-order chi connectivity index (χ1) is 11.6. The third-order valence-electron chi connectivity index (χ3n) is 4.18. The molecule has 1 fully saturated rings. The minimum Gasteiger partial charge on any atom is -0.459 e. The van der Waals surface area contributed by atoms with Crippen LogP contribution < -0.4 is 11.2 Å². The summed E-state index contributed by atoms with van der Waals surface area (Å²) in [4.78, 5) is 37.7. The number of aliphatic hydroxyl groups is 1. The van der Waals surface area contributed by atoms with Gasteiger partial charge in [0, 0.05) is 32.7 Å². The summed E-state index contributed by atoms with van der Waals surface area (Å²) in [6.07, 6.45) is -0.0178. The molecule has 0 spiro atoms.